The summed E-state index contributed by atoms with van der Waals surface area (Å²) in [4.78, 5) is 13.0. The van der Waals surface area contributed by atoms with E-state index < -0.39 is 0 Å². The lowest BCUT2D eigenvalue weighted by Gasteiger charge is -2.27. The summed E-state index contributed by atoms with van der Waals surface area (Å²) in [6, 6.07) is 0. The van der Waals surface area contributed by atoms with Crippen LogP contribution in [-0.2, 0) is 4.79 Å². The molecule has 0 saturated carbocycles. The monoisotopic (exact) mass is 147 g/mol. The number of rotatable bonds is 0. The Hall–Kier alpha value is -1.31. The molecule has 0 radical (unpaired) electrons. The number of hydrogen-bond acceptors (Lipinski definition) is 2. The van der Waals surface area contributed by atoms with Crippen LogP contribution in [0, 0.1) is 0 Å². The molecular weight excluding hydrogens is 138 g/mol. The number of allylic oxidation sites excluding steroid dienone is 3. The van der Waals surface area contributed by atoms with E-state index in [2.05, 4.69) is 11.0 Å². The zero-order chi connectivity index (χ0) is 7.68. The Labute approximate surface area is 65.5 Å². The first kappa shape index (κ1) is 6.40. The Morgan fingerprint density at radius 3 is 3.18 bits per heavy atom. The molecule has 11 heavy (non-hydrogen) atoms. The van der Waals surface area contributed by atoms with Crippen LogP contribution >= 0.6 is 0 Å². The predicted molar refractivity (Wildman–Crippen MR) is 42.9 cm³/mol. The van der Waals surface area contributed by atoms with Crippen LogP contribution in [0.2, 0.25) is 0 Å². The van der Waals surface area contributed by atoms with Gasteiger partial charge in [0.15, 0.2) is 5.78 Å². The molecule has 0 fully saturated rings. The van der Waals surface area contributed by atoms with Gasteiger partial charge < -0.3 is 4.90 Å². The van der Waals surface area contributed by atoms with Crippen molar-refractivity contribution in [1.29, 1.82) is 0 Å². The van der Waals surface area contributed by atoms with Crippen molar-refractivity contribution < 1.29 is 4.79 Å². The van der Waals surface area contributed by atoms with Crippen molar-refractivity contribution >= 4 is 5.78 Å². The zero-order valence-electron chi connectivity index (χ0n) is 6.16. The highest BCUT2D eigenvalue weighted by Gasteiger charge is 2.14. The molecule has 0 amide bonds. The number of carbonyl (C=O) groups is 1. The Morgan fingerprint density at radius 2 is 2.27 bits per heavy atom. The van der Waals surface area contributed by atoms with Crippen LogP contribution in [-0.4, -0.2) is 23.8 Å². The van der Waals surface area contributed by atoms with Crippen LogP contribution in [0.25, 0.3) is 0 Å². The van der Waals surface area contributed by atoms with Crippen molar-refractivity contribution in [3.63, 3.8) is 0 Å². The lowest BCUT2D eigenvalue weighted by atomic mass is 10.1. The second kappa shape index (κ2) is 2.38. The molecule has 2 heteroatoms. The number of nitrogens with zero attached hydrogens (tertiary/aromatic N) is 1. The maximum absolute atomic E-state index is 10.9. The molecule has 56 valence electrons. The van der Waals surface area contributed by atoms with E-state index in [4.69, 9.17) is 0 Å². The van der Waals surface area contributed by atoms with E-state index in [-0.39, 0.29) is 5.78 Å². The van der Waals surface area contributed by atoms with Gasteiger partial charge in [0.1, 0.15) is 0 Å². The van der Waals surface area contributed by atoms with E-state index in [0.717, 1.165) is 12.2 Å². The zero-order valence-corrected chi connectivity index (χ0v) is 6.16. The minimum Gasteiger partial charge on any atom is -0.360 e. The van der Waals surface area contributed by atoms with Crippen molar-refractivity contribution in [3.8, 4) is 0 Å². The normalized spacial score (nSPS) is 21.6. The van der Waals surface area contributed by atoms with Gasteiger partial charge in [0.25, 0.3) is 0 Å². The summed E-state index contributed by atoms with van der Waals surface area (Å²) in [6.07, 6.45) is 9.60. The maximum Gasteiger partial charge on any atom is 0.174 e. The Bertz CT molecular complexity index is 273. The van der Waals surface area contributed by atoms with Crippen molar-refractivity contribution in [2.45, 2.75) is 0 Å². The van der Waals surface area contributed by atoms with Crippen LogP contribution in [0.15, 0.2) is 36.1 Å². The van der Waals surface area contributed by atoms with E-state index in [1.165, 1.54) is 0 Å². The third-order valence-corrected chi connectivity index (χ3v) is 1.88. The topological polar surface area (TPSA) is 20.3 Å². The molecule has 0 aromatic heterocycles. The lowest BCUT2D eigenvalue weighted by molar-refractivity contribution is -0.115. The van der Waals surface area contributed by atoms with E-state index in [0.29, 0.717) is 6.54 Å². The summed E-state index contributed by atoms with van der Waals surface area (Å²) in [5.41, 5.74) is 1.15. The number of hydrogen-bond donors (Lipinski definition) is 0. The molecule has 2 aliphatic heterocycles. The number of ketones is 1. The van der Waals surface area contributed by atoms with Crippen molar-refractivity contribution in [1.82, 2.24) is 4.90 Å². The van der Waals surface area contributed by atoms with E-state index >= 15 is 0 Å². The smallest absolute Gasteiger partial charge is 0.174 e. The first-order chi connectivity index (χ1) is 5.36. The fourth-order valence-corrected chi connectivity index (χ4v) is 1.30. The third-order valence-electron chi connectivity index (χ3n) is 1.88. The summed E-state index contributed by atoms with van der Waals surface area (Å²) >= 11 is 0. The van der Waals surface area contributed by atoms with Gasteiger partial charge in [-0.2, -0.15) is 0 Å². The second-order valence-electron chi connectivity index (χ2n) is 2.70. The summed E-state index contributed by atoms with van der Waals surface area (Å²) < 4.78 is 0. The summed E-state index contributed by atoms with van der Waals surface area (Å²) in [7, 11) is 0. The van der Waals surface area contributed by atoms with Gasteiger partial charge in [0.05, 0.1) is 6.54 Å². The molecule has 2 rings (SSSR count). The van der Waals surface area contributed by atoms with Crippen LogP contribution in [0.3, 0.4) is 0 Å². The Kier molecular flexibility index (Phi) is 1.39. The highest BCUT2D eigenvalue weighted by Crippen LogP contribution is 2.14. The molecule has 0 N–H and O–H groups in total. The Balaban J connectivity index is 2.31. The molecule has 0 bridgehead atoms. The minimum atomic E-state index is 0.192. The van der Waals surface area contributed by atoms with Crippen molar-refractivity contribution in [2.24, 2.45) is 0 Å². The van der Waals surface area contributed by atoms with Gasteiger partial charge in [-0.1, -0.05) is 12.2 Å². The van der Waals surface area contributed by atoms with Crippen LogP contribution in [0.1, 0.15) is 0 Å². The van der Waals surface area contributed by atoms with Crippen LogP contribution in [0.5, 0.6) is 0 Å². The van der Waals surface area contributed by atoms with Crippen LogP contribution < -0.4 is 0 Å². The molecule has 0 spiro atoms. The molecule has 2 heterocycles. The van der Waals surface area contributed by atoms with E-state index in [1.807, 2.05) is 18.2 Å². The second-order valence-corrected chi connectivity index (χ2v) is 2.70. The van der Waals surface area contributed by atoms with Crippen molar-refractivity contribution in [2.75, 3.05) is 13.1 Å². The number of carbonyl (C=O) groups excluding carboxylic acids is 1. The molecule has 0 unspecified atom stereocenters. The molecule has 0 atom stereocenters. The van der Waals surface area contributed by atoms with Gasteiger partial charge in [-0.3, -0.25) is 4.79 Å². The Morgan fingerprint density at radius 1 is 1.36 bits per heavy atom. The molecule has 0 aromatic rings. The molecule has 0 aliphatic carbocycles. The largest absolute Gasteiger partial charge is 0.360 e. The molecule has 2 nitrogen and oxygen atoms in total. The highest BCUT2D eigenvalue weighted by atomic mass is 16.1. The van der Waals surface area contributed by atoms with Gasteiger partial charge in [0.2, 0.25) is 0 Å². The third kappa shape index (κ3) is 1.11. The summed E-state index contributed by atoms with van der Waals surface area (Å²) in [6.45, 7) is 1.40. The maximum atomic E-state index is 10.9. The van der Waals surface area contributed by atoms with E-state index in [1.54, 1.807) is 6.08 Å². The highest BCUT2D eigenvalue weighted by molar-refractivity contribution is 5.93. The molecule has 0 aromatic carbocycles. The van der Waals surface area contributed by atoms with Crippen molar-refractivity contribution in [3.05, 3.63) is 36.1 Å². The fourth-order valence-electron chi connectivity index (χ4n) is 1.30. The molecule has 0 saturated heterocycles. The van der Waals surface area contributed by atoms with Gasteiger partial charge in [-0.05, 0) is 18.2 Å². The van der Waals surface area contributed by atoms with Gasteiger partial charge in [-0.25, -0.2) is 0 Å². The summed E-state index contributed by atoms with van der Waals surface area (Å²) in [5, 5.41) is 0. The average Bonchev–Trinajstić information content (AvgIpc) is 2.04. The van der Waals surface area contributed by atoms with Gasteiger partial charge in [-0.15, -0.1) is 0 Å². The van der Waals surface area contributed by atoms with Crippen LogP contribution in [0.4, 0.5) is 0 Å². The molecular formula is C9H9NO. The first-order valence-electron chi connectivity index (χ1n) is 3.69. The standard InChI is InChI=1S/C9H9NO/c11-9-5-4-8-3-1-2-6-10(8)7-9/h1-5H,6-7H2. The summed E-state index contributed by atoms with van der Waals surface area (Å²) in [5.74, 6) is 0.192. The van der Waals surface area contributed by atoms with Gasteiger partial charge in [0, 0.05) is 12.2 Å². The SMILES string of the molecule is O=C1C=CC2=CC=CCN2C1. The van der Waals surface area contributed by atoms with Gasteiger partial charge >= 0.3 is 0 Å². The fraction of sp³-hybridized carbons (Fsp3) is 0.222. The quantitative estimate of drug-likeness (QED) is 0.507. The predicted octanol–water partition coefficient (Wildman–Crippen LogP) is 0.881. The lowest BCUT2D eigenvalue weighted by Crippen LogP contribution is -2.32. The van der Waals surface area contributed by atoms with E-state index in [9.17, 15) is 4.79 Å². The minimum absolute atomic E-state index is 0.192. The molecule has 2 aliphatic rings. The number of fused-ring (bicyclic) bond motifs is 1. The first-order valence-corrected chi connectivity index (χ1v) is 3.69. The average molecular weight is 147 g/mol.